The van der Waals surface area contributed by atoms with Crippen molar-refractivity contribution in [2.75, 3.05) is 19.6 Å². The Morgan fingerprint density at radius 2 is 2.21 bits per heavy atom. The molecule has 76 valence electrons. The maximum Gasteiger partial charge on any atom is 0.129 e. The second-order valence-electron chi connectivity index (χ2n) is 3.38. The first-order chi connectivity index (χ1) is 6.77. The molecule has 0 bridgehead atoms. The van der Waals surface area contributed by atoms with Gasteiger partial charge in [-0.2, -0.15) is 0 Å². The Kier molecular flexibility index (Phi) is 3.01. The van der Waals surface area contributed by atoms with Crippen LogP contribution in [0.5, 0.6) is 0 Å². The van der Waals surface area contributed by atoms with Crippen molar-refractivity contribution in [1.82, 2.24) is 10.6 Å². The monoisotopic (exact) mass is 214 g/mol. The Balaban J connectivity index is 2.22. The lowest BCUT2D eigenvalue weighted by molar-refractivity contribution is 0.417. The lowest BCUT2D eigenvalue weighted by atomic mass is 10.1. The summed E-state index contributed by atoms with van der Waals surface area (Å²) in [4.78, 5) is 0. The first-order valence-electron chi connectivity index (χ1n) is 4.66. The minimum Gasteiger partial charge on any atom is -0.314 e. The number of nitrogens with one attached hydrogen (secondary N) is 2. The van der Waals surface area contributed by atoms with Crippen molar-refractivity contribution in [2.45, 2.75) is 6.04 Å². The maximum atomic E-state index is 13.5. The van der Waals surface area contributed by atoms with Crippen molar-refractivity contribution in [2.24, 2.45) is 0 Å². The molecule has 0 spiro atoms. The number of piperazine rings is 1. The van der Waals surface area contributed by atoms with Crippen molar-refractivity contribution in [3.05, 3.63) is 34.6 Å². The third-order valence-corrected chi connectivity index (χ3v) is 2.61. The van der Waals surface area contributed by atoms with Gasteiger partial charge in [0.05, 0.1) is 0 Å². The van der Waals surface area contributed by atoms with Gasteiger partial charge in [-0.3, -0.25) is 0 Å². The molecule has 1 saturated heterocycles. The topological polar surface area (TPSA) is 24.1 Å². The molecule has 1 fully saturated rings. The summed E-state index contributed by atoms with van der Waals surface area (Å²) >= 11 is 5.68. The molecule has 1 atom stereocenters. The van der Waals surface area contributed by atoms with Gasteiger partial charge < -0.3 is 10.6 Å². The summed E-state index contributed by atoms with van der Waals surface area (Å²) in [5.41, 5.74) is 0.682. The molecule has 1 aliphatic heterocycles. The quantitative estimate of drug-likeness (QED) is 0.744. The Morgan fingerprint density at radius 1 is 1.36 bits per heavy atom. The summed E-state index contributed by atoms with van der Waals surface area (Å²) in [5.74, 6) is -0.237. The van der Waals surface area contributed by atoms with Crippen molar-refractivity contribution >= 4 is 11.6 Å². The summed E-state index contributed by atoms with van der Waals surface area (Å²) < 4.78 is 13.5. The minimum absolute atomic E-state index is 0.0565. The van der Waals surface area contributed by atoms with E-state index in [9.17, 15) is 4.39 Å². The molecule has 1 aromatic carbocycles. The van der Waals surface area contributed by atoms with E-state index in [1.165, 1.54) is 6.07 Å². The smallest absolute Gasteiger partial charge is 0.129 e. The van der Waals surface area contributed by atoms with Crippen LogP contribution >= 0.6 is 11.6 Å². The van der Waals surface area contributed by atoms with Crippen LogP contribution in [-0.4, -0.2) is 19.6 Å². The molecular formula is C10H12ClFN2. The fourth-order valence-corrected chi connectivity index (χ4v) is 1.82. The molecule has 0 aromatic heterocycles. The van der Waals surface area contributed by atoms with Gasteiger partial charge in [-0.25, -0.2) is 4.39 Å². The summed E-state index contributed by atoms with van der Waals surface area (Å²) in [6.07, 6.45) is 0. The molecule has 2 rings (SSSR count). The lowest BCUT2D eigenvalue weighted by Crippen LogP contribution is -2.42. The van der Waals surface area contributed by atoms with Gasteiger partial charge in [0, 0.05) is 36.3 Å². The van der Waals surface area contributed by atoms with Gasteiger partial charge in [-0.15, -0.1) is 0 Å². The van der Waals surface area contributed by atoms with E-state index in [1.54, 1.807) is 12.1 Å². The third-order valence-electron chi connectivity index (χ3n) is 2.38. The second kappa shape index (κ2) is 4.26. The van der Waals surface area contributed by atoms with E-state index in [2.05, 4.69) is 10.6 Å². The van der Waals surface area contributed by atoms with Crippen molar-refractivity contribution in [3.8, 4) is 0 Å². The highest BCUT2D eigenvalue weighted by molar-refractivity contribution is 6.30. The molecule has 1 heterocycles. The van der Waals surface area contributed by atoms with Gasteiger partial charge in [-0.1, -0.05) is 17.7 Å². The van der Waals surface area contributed by atoms with Crippen LogP contribution in [0.15, 0.2) is 18.2 Å². The van der Waals surface area contributed by atoms with Gasteiger partial charge in [0.25, 0.3) is 0 Å². The normalized spacial score (nSPS) is 22.3. The lowest BCUT2D eigenvalue weighted by Gasteiger charge is -2.25. The predicted octanol–water partition coefficient (Wildman–Crippen LogP) is 1.71. The zero-order chi connectivity index (χ0) is 9.97. The highest BCUT2D eigenvalue weighted by Crippen LogP contribution is 2.21. The van der Waals surface area contributed by atoms with Gasteiger partial charge in [0.2, 0.25) is 0 Å². The van der Waals surface area contributed by atoms with Gasteiger partial charge in [0.15, 0.2) is 0 Å². The molecule has 2 N–H and O–H groups in total. The Hall–Kier alpha value is -0.640. The van der Waals surface area contributed by atoms with Crippen LogP contribution in [0.25, 0.3) is 0 Å². The van der Waals surface area contributed by atoms with Crippen molar-refractivity contribution < 1.29 is 4.39 Å². The van der Waals surface area contributed by atoms with E-state index in [0.29, 0.717) is 10.6 Å². The number of rotatable bonds is 1. The van der Waals surface area contributed by atoms with E-state index in [1.807, 2.05) is 0 Å². The van der Waals surface area contributed by atoms with Crippen molar-refractivity contribution in [3.63, 3.8) is 0 Å². The highest BCUT2D eigenvalue weighted by Gasteiger charge is 2.17. The van der Waals surface area contributed by atoms with E-state index in [0.717, 1.165) is 19.6 Å². The molecule has 2 nitrogen and oxygen atoms in total. The van der Waals surface area contributed by atoms with E-state index < -0.39 is 0 Å². The van der Waals surface area contributed by atoms with Crippen LogP contribution in [-0.2, 0) is 0 Å². The minimum atomic E-state index is -0.237. The fraction of sp³-hybridized carbons (Fsp3) is 0.400. The van der Waals surface area contributed by atoms with Crippen LogP contribution in [0, 0.1) is 5.82 Å². The molecule has 4 heteroatoms. The Labute approximate surface area is 87.5 Å². The predicted molar refractivity (Wildman–Crippen MR) is 55.0 cm³/mol. The highest BCUT2D eigenvalue weighted by atomic mass is 35.5. The summed E-state index contributed by atoms with van der Waals surface area (Å²) in [7, 11) is 0. The maximum absolute atomic E-state index is 13.5. The zero-order valence-corrected chi connectivity index (χ0v) is 8.44. The molecule has 0 radical (unpaired) electrons. The van der Waals surface area contributed by atoms with Crippen LogP contribution in [0.2, 0.25) is 5.02 Å². The number of benzene rings is 1. The largest absolute Gasteiger partial charge is 0.314 e. The molecule has 1 aromatic rings. The molecule has 0 amide bonds. The van der Waals surface area contributed by atoms with Crippen LogP contribution in [0.3, 0.4) is 0 Å². The van der Waals surface area contributed by atoms with E-state index in [-0.39, 0.29) is 11.9 Å². The molecular weight excluding hydrogens is 203 g/mol. The fourth-order valence-electron chi connectivity index (χ4n) is 1.66. The second-order valence-corrected chi connectivity index (χ2v) is 3.81. The average molecular weight is 215 g/mol. The molecule has 1 aliphatic rings. The average Bonchev–Trinajstić information content (AvgIpc) is 2.19. The first-order valence-corrected chi connectivity index (χ1v) is 5.04. The van der Waals surface area contributed by atoms with E-state index >= 15 is 0 Å². The number of hydrogen-bond donors (Lipinski definition) is 2. The standard InChI is InChI=1S/C10H12ClFN2/c11-7-1-2-8(9(12)5-7)10-6-13-3-4-14-10/h1-2,5,10,13-14H,3-4,6H2/t10-/m0/s1. The first kappa shape index (κ1) is 9.90. The van der Waals surface area contributed by atoms with Crippen LogP contribution < -0.4 is 10.6 Å². The summed E-state index contributed by atoms with van der Waals surface area (Å²) in [5, 5.41) is 6.90. The van der Waals surface area contributed by atoms with Gasteiger partial charge >= 0.3 is 0 Å². The Morgan fingerprint density at radius 3 is 2.86 bits per heavy atom. The summed E-state index contributed by atoms with van der Waals surface area (Å²) in [6.45, 7) is 2.57. The van der Waals surface area contributed by atoms with Gasteiger partial charge in [0.1, 0.15) is 5.82 Å². The molecule has 14 heavy (non-hydrogen) atoms. The Bertz CT molecular complexity index is 324. The van der Waals surface area contributed by atoms with Crippen LogP contribution in [0.1, 0.15) is 11.6 Å². The summed E-state index contributed by atoms with van der Waals surface area (Å²) in [6, 6.07) is 4.87. The zero-order valence-electron chi connectivity index (χ0n) is 7.69. The van der Waals surface area contributed by atoms with Gasteiger partial charge in [-0.05, 0) is 12.1 Å². The molecule has 0 aliphatic carbocycles. The number of halogens is 2. The third kappa shape index (κ3) is 2.05. The SMILES string of the molecule is Fc1cc(Cl)ccc1[C@@H]1CNCCN1. The van der Waals surface area contributed by atoms with Crippen molar-refractivity contribution in [1.29, 1.82) is 0 Å². The van der Waals surface area contributed by atoms with Crippen LogP contribution in [0.4, 0.5) is 4.39 Å². The van der Waals surface area contributed by atoms with E-state index in [4.69, 9.17) is 11.6 Å². The number of hydrogen-bond acceptors (Lipinski definition) is 2. The molecule has 0 unspecified atom stereocenters. The molecule has 0 saturated carbocycles.